The van der Waals surface area contributed by atoms with Gasteiger partial charge in [-0.15, -0.1) is 15.3 Å². The van der Waals surface area contributed by atoms with Crippen LogP contribution in [-0.4, -0.2) is 57.4 Å². The smallest absolute Gasteiger partial charge is 0.249 e. The number of rotatable bonds is 7. The third kappa shape index (κ3) is 4.46. The molecule has 200 valence electrons. The van der Waals surface area contributed by atoms with Crippen molar-refractivity contribution in [1.82, 2.24) is 24.7 Å². The lowest BCUT2D eigenvalue weighted by molar-refractivity contribution is -0.124. The van der Waals surface area contributed by atoms with E-state index < -0.39 is 5.54 Å². The normalized spacial score (nSPS) is 16.5. The van der Waals surface area contributed by atoms with Crippen LogP contribution in [0.4, 0.5) is 17.2 Å². The molecule has 0 fully saturated rings. The first-order valence-electron chi connectivity index (χ1n) is 13.0. The van der Waals surface area contributed by atoms with Gasteiger partial charge in [0.1, 0.15) is 11.3 Å². The first-order chi connectivity index (χ1) is 19.5. The van der Waals surface area contributed by atoms with Crippen molar-refractivity contribution in [3.05, 3.63) is 97.1 Å². The average Bonchev–Trinajstić information content (AvgIpc) is 3.42. The van der Waals surface area contributed by atoms with E-state index in [1.807, 2.05) is 116 Å². The number of benzene rings is 3. The van der Waals surface area contributed by atoms with E-state index in [0.29, 0.717) is 29.4 Å². The summed E-state index contributed by atoms with van der Waals surface area (Å²) in [6, 6.07) is 23.2. The molecule has 0 aliphatic heterocycles. The molecule has 2 N–H and O–H groups in total. The predicted octanol–water partition coefficient (Wildman–Crippen LogP) is 5.45. The summed E-state index contributed by atoms with van der Waals surface area (Å²) < 4.78 is 7.05. The number of anilines is 3. The Balaban J connectivity index is 1.35. The van der Waals surface area contributed by atoms with Gasteiger partial charge in [-0.1, -0.05) is 54.6 Å². The Labute approximate surface area is 231 Å². The van der Waals surface area contributed by atoms with E-state index in [4.69, 9.17) is 9.84 Å². The molecular formula is C31H29N7O2. The second kappa shape index (κ2) is 10.3. The van der Waals surface area contributed by atoms with Crippen LogP contribution in [0.5, 0.6) is 5.75 Å². The van der Waals surface area contributed by atoms with Crippen molar-refractivity contribution in [3.63, 3.8) is 0 Å². The number of hydrogen-bond donors (Lipinski definition) is 2. The Morgan fingerprint density at radius 2 is 1.73 bits per heavy atom. The fraction of sp³-hybridized carbons (Fsp3) is 0.161. The summed E-state index contributed by atoms with van der Waals surface area (Å²) in [5.74, 6) is 1.94. The van der Waals surface area contributed by atoms with Gasteiger partial charge in [0.2, 0.25) is 5.91 Å². The number of hydrogen-bond acceptors (Lipinski definition) is 7. The quantitative estimate of drug-likeness (QED) is 0.288. The van der Waals surface area contributed by atoms with E-state index in [1.54, 1.807) is 11.6 Å². The van der Waals surface area contributed by atoms with Gasteiger partial charge in [0.05, 0.1) is 7.11 Å². The fourth-order valence-electron chi connectivity index (χ4n) is 4.96. The maximum absolute atomic E-state index is 13.4. The van der Waals surface area contributed by atoms with Crippen LogP contribution in [0, 0.1) is 0 Å². The number of fused-ring (bicyclic) bond motifs is 3. The molecule has 1 unspecified atom stereocenters. The minimum atomic E-state index is -0.743. The lowest BCUT2D eigenvalue weighted by Gasteiger charge is -2.36. The van der Waals surface area contributed by atoms with Gasteiger partial charge in [0, 0.05) is 27.7 Å². The molecule has 40 heavy (non-hydrogen) atoms. The highest BCUT2D eigenvalue weighted by atomic mass is 16.5. The van der Waals surface area contributed by atoms with E-state index in [2.05, 4.69) is 20.8 Å². The SMILES string of the molecule is COc1ccc(-c2nnc3c4ccccc4c(Nc4cccc(NC(=O)C5(N(C)C)C=CC=CC5)c4)nn23)cc1. The molecule has 2 aromatic heterocycles. The molecule has 0 saturated heterocycles. The minimum absolute atomic E-state index is 0.0890. The number of amides is 1. The number of carbonyl (C=O) groups excluding carboxylic acids is 1. The van der Waals surface area contributed by atoms with Crippen LogP contribution in [-0.2, 0) is 4.79 Å². The van der Waals surface area contributed by atoms with Crippen molar-refractivity contribution in [3.8, 4) is 17.1 Å². The second-order valence-corrected chi connectivity index (χ2v) is 9.85. The Morgan fingerprint density at radius 1 is 0.950 bits per heavy atom. The molecule has 1 aliphatic carbocycles. The first kappa shape index (κ1) is 25.3. The number of allylic oxidation sites excluding steroid dienone is 2. The minimum Gasteiger partial charge on any atom is -0.497 e. The van der Waals surface area contributed by atoms with Gasteiger partial charge >= 0.3 is 0 Å². The fourth-order valence-corrected chi connectivity index (χ4v) is 4.96. The van der Waals surface area contributed by atoms with Gasteiger partial charge in [-0.25, -0.2) is 0 Å². The Bertz CT molecular complexity index is 1770. The standard InChI is InChI=1S/C31H29N7O2/c1-37(2)31(18-7-4-8-19-31)30(39)33-23-11-9-10-22(20-23)32-27-25-12-5-6-13-26(25)29-35-34-28(38(29)36-27)21-14-16-24(40-3)17-15-21/h4-18,20H,19H2,1-3H3,(H,32,36)(H,33,39). The van der Waals surface area contributed by atoms with Gasteiger partial charge in [0.15, 0.2) is 17.3 Å². The Kier molecular flexibility index (Phi) is 6.49. The zero-order valence-electron chi connectivity index (χ0n) is 22.5. The average molecular weight is 532 g/mol. The van der Waals surface area contributed by atoms with Crippen LogP contribution in [0.15, 0.2) is 97.1 Å². The van der Waals surface area contributed by atoms with Crippen molar-refractivity contribution in [1.29, 1.82) is 0 Å². The maximum Gasteiger partial charge on any atom is 0.249 e. The van der Waals surface area contributed by atoms with Crippen LogP contribution in [0.25, 0.3) is 27.8 Å². The molecule has 2 heterocycles. The second-order valence-electron chi connectivity index (χ2n) is 9.85. The number of nitrogens with one attached hydrogen (secondary N) is 2. The molecule has 0 spiro atoms. The van der Waals surface area contributed by atoms with Gasteiger partial charge < -0.3 is 15.4 Å². The number of nitrogens with zero attached hydrogens (tertiary/aromatic N) is 5. The monoisotopic (exact) mass is 531 g/mol. The van der Waals surface area contributed by atoms with Crippen molar-refractivity contribution >= 4 is 39.5 Å². The largest absolute Gasteiger partial charge is 0.497 e. The number of carbonyl (C=O) groups is 1. The summed E-state index contributed by atoms with van der Waals surface area (Å²) in [5.41, 5.74) is 2.26. The predicted molar refractivity (Wildman–Crippen MR) is 158 cm³/mol. The van der Waals surface area contributed by atoms with E-state index >= 15 is 0 Å². The third-order valence-electron chi connectivity index (χ3n) is 7.23. The molecule has 0 bridgehead atoms. The lowest BCUT2D eigenvalue weighted by atomic mass is 9.89. The van der Waals surface area contributed by atoms with Gasteiger partial charge in [-0.05, 0) is 63.0 Å². The number of methoxy groups -OCH3 is 1. The third-order valence-corrected chi connectivity index (χ3v) is 7.23. The highest BCUT2D eigenvalue weighted by Gasteiger charge is 2.38. The van der Waals surface area contributed by atoms with Crippen LogP contribution in [0.3, 0.4) is 0 Å². The summed E-state index contributed by atoms with van der Waals surface area (Å²) >= 11 is 0. The van der Waals surface area contributed by atoms with E-state index in [9.17, 15) is 4.79 Å². The molecule has 5 aromatic rings. The van der Waals surface area contributed by atoms with Crippen LogP contribution in [0.2, 0.25) is 0 Å². The molecule has 1 atom stereocenters. The van der Waals surface area contributed by atoms with Crippen LogP contribution >= 0.6 is 0 Å². The van der Waals surface area contributed by atoms with E-state index in [1.165, 1.54) is 0 Å². The van der Waals surface area contributed by atoms with E-state index in [0.717, 1.165) is 27.8 Å². The zero-order valence-corrected chi connectivity index (χ0v) is 22.5. The van der Waals surface area contributed by atoms with E-state index in [-0.39, 0.29) is 5.91 Å². The molecule has 9 nitrogen and oxygen atoms in total. The number of aromatic nitrogens is 4. The molecule has 0 radical (unpaired) electrons. The van der Waals surface area contributed by atoms with Gasteiger partial charge in [-0.3, -0.25) is 9.69 Å². The summed E-state index contributed by atoms with van der Waals surface area (Å²) in [6.45, 7) is 0. The first-order valence-corrected chi connectivity index (χ1v) is 13.0. The Morgan fingerprint density at radius 3 is 2.45 bits per heavy atom. The summed E-state index contributed by atoms with van der Waals surface area (Å²) in [5, 5.41) is 22.2. The molecule has 1 amide bonds. The summed E-state index contributed by atoms with van der Waals surface area (Å²) in [4.78, 5) is 15.3. The molecule has 0 saturated carbocycles. The zero-order chi connectivity index (χ0) is 27.7. The molecule has 9 heteroatoms. The number of ether oxygens (including phenoxy) is 1. The lowest BCUT2D eigenvalue weighted by Crippen LogP contribution is -2.52. The van der Waals surface area contributed by atoms with Gasteiger partial charge in [-0.2, -0.15) is 4.52 Å². The van der Waals surface area contributed by atoms with Crippen molar-refractivity contribution in [2.24, 2.45) is 0 Å². The molecule has 3 aromatic carbocycles. The maximum atomic E-state index is 13.4. The molecule has 6 rings (SSSR count). The van der Waals surface area contributed by atoms with Gasteiger partial charge in [0.25, 0.3) is 0 Å². The van der Waals surface area contributed by atoms with Crippen LogP contribution in [0.1, 0.15) is 6.42 Å². The summed E-state index contributed by atoms with van der Waals surface area (Å²) in [7, 11) is 5.47. The topological polar surface area (TPSA) is 96.7 Å². The van der Waals surface area contributed by atoms with Crippen molar-refractivity contribution in [2.75, 3.05) is 31.8 Å². The highest BCUT2D eigenvalue weighted by Crippen LogP contribution is 2.31. The van der Waals surface area contributed by atoms with Crippen molar-refractivity contribution < 1.29 is 9.53 Å². The summed E-state index contributed by atoms with van der Waals surface area (Å²) in [6.07, 6.45) is 8.43. The van der Waals surface area contributed by atoms with Crippen molar-refractivity contribution in [2.45, 2.75) is 12.0 Å². The molecule has 1 aliphatic rings. The number of likely N-dealkylation sites (N-methyl/N-ethyl adjacent to an activating group) is 1. The molecular weight excluding hydrogens is 502 g/mol. The Hall–Kier alpha value is -5.02. The van der Waals surface area contributed by atoms with Crippen LogP contribution < -0.4 is 15.4 Å². The highest BCUT2D eigenvalue weighted by molar-refractivity contribution is 6.02.